The molecule has 7 heteroatoms. The first kappa shape index (κ1) is 16.0. The molecule has 1 aliphatic rings. The lowest BCUT2D eigenvalue weighted by Crippen LogP contribution is -2.29. The van der Waals surface area contributed by atoms with Crippen molar-refractivity contribution >= 4 is 0 Å². The van der Waals surface area contributed by atoms with Crippen LogP contribution in [0.3, 0.4) is 0 Å². The zero-order valence-corrected chi connectivity index (χ0v) is 13.3. The molecule has 0 unspecified atom stereocenters. The van der Waals surface area contributed by atoms with Crippen molar-refractivity contribution < 1.29 is 17.6 Å². The summed E-state index contributed by atoms with van der Waals surface area (Å²) >= 11 is 0. The zero-order valence-electron chi connectivity index (χ0n) is 13.3. The van der Waals surface area contributed by atoms with Crippen LogP contribution in [0.15, 0.2) is 47.3 Å². The number of furan rings is 1. The number of rotatable bonds is 3. The molecule has 0 aliphatic carbocycles. The van der Waals surface area contributed by atoms with E-state index in [-0.39, 0.29) is 0 Å². The molecule has 0 radical (unpaired) electrons. The lowest BCUT2D eigenvalue weighted by atomic mass is 10.00. The van der Waals surface area contributed by atoms with Crippen molar-refractivity contribution in [2.24, 2.45) is 0 Å². The van der Waals surface area contributed by atoms with Gasteiger partial charge in [-0.15, -0.1) is 0 Å². The first-order valence-corrected chi connectivity index (χ1v) is 7.98. The first-order valence-electron chi connectivity index (χ1n) is 7.98. The normalized spacial score (nSPS) is 15.3. The van der Waals surface area contributed by atoms with Gasteiger partial charge >= 0.3 is 6.18 Å². The van der Waals surface area contributed by atoms with Crippen molar-refractivity contribution in [1.82, 2.24) is 15.1 Å². The fourth-order valence-electron chi connectivity index (χ4n) is 3.18. The third-order valence-corrected chi connectivity index (χ3v) is 4.48. The van der Waals surface area contributed by atoms with Crippen molar-refractivity contribution in [2.45, 2.75) is 25.7 Å². The summed E-state index contributed by atoms with van der Waals surface area (Å²) in [6.07, 6.45) is -0.121. The van der Waals surface area contributed by atoms with E-state index in [0.717, 1.165) is 54.2 Å². The van der Waals surface area contributed by atoms with Gasteiger partial charge in [0.15, 0.2) is 0 Å². The number of nitrogens with zero attached hydrogens (tertiary/aromatic N) is 2. The molecule has 3 aromatic rings. The van der Waals surface area contributed by atoms with Crippen LogP contribution in [0.1, 0.15) is 22.4 Å². The van der Waals surface area contributed by atoms with E-state index in [0.29, 0.717) is 12.1 Å². The number of nitrogens with one attached hydrogen (secondary N) is 1. The highest BCUT2D eigenvalue weighted by Crippen LogP contribution is 2.33. The maximum Gasteiger partial charge on any atom is 0.416 e. The van der Waals surface area contributed by atoms with Crippen LogP contribution in [0.4, 0.5) is 13.2 Å². The zero-order chi connectivity index (χ0) is 17.4. The molecular weight excluding hydrogens is 331 g/mol. The maximum absolute atomic E-state index is 12.7. The van der Waals surface area contributed by atoms with Gasteiger partial charge in [-0.05, 0) is 18.2 Å². The summed E-state index contributed by atoms with van der Waals surface area (Å²) in [5.41, 5.74) is 3.97. The van der Waals surface area contributed by atoms with E-state index in [1.54, 1.807) is 12.5 Å². The van der Waals surface area contributed by atoms with Crippen LogP contribution in [0.2, 0.25) is 0 Å². The van der Waals surface area contributed by atoms with Crippen molar-refractivity contribution in [1.29, 1.82) is 0 Å². The van der Waals surface area contributed by atoms with Crippen LogP contribution in [0.25, 0.3) is 11.3 Å². The molecular formula is C18H16F3N3O. The van der Waals surface area contributed by atoms with Crippen molar-refractivity contribution in [3.63, 3.8) is 0 Å². The predicted octanol–water partition coefficient (Wildman–Crippen LogP) is 4.25. The molecule has 130 valence electrons. The van der Waals surface area contributed by atoms with Gasteiger partial charge in [0.25, 0.3) is 0 Å². The molecule has 1 aliphatic heterocycles. The number of fused-ring (bicyclic) bond motifs is 1. The lowest BCUT2D eigenvalue weighted by molar-refractivity contribution is -0.137. The Bertz CT molecular complexity index is 851. The van der Waals surface area contributed by atoms with E-state index >= 15 is 0 Å². The number of hydrogen-bond acceptors (Lipinski definition) is 3. The molecule has 4 nitrogen and oxygen atoms in total. The average molecular weight is 347 g/mol. The Morgan fingerprint density at radius 1 is 1.16 bits per heavy atom. The van der Waals surface area contributed by atoms with Gasteiger partial charge in [-0.2, -0.15) is 18.3 Å². The summed E-state index contributed by atoms with van der Waals surface area (Å²) in [6.45, 7) is 2.37. The summed E-state index contributed by atoms with van der Waals surface area (Å²) in [6, 6.07) is 7.09. The third kappa shape index (κ3) is 3.19. The second-order valence-corrected chi connectivity index (χ2v) is 6.20. The molecule has 1 aromatic carbocycles. The van der Waals surface area contributed by atoms with Gasteiger partial charge in [0.2, 0.25) is 0 Å². The molecule has 2 aromatic heterocycles. The monoisotopic (exact) mass is 347 g/mol. The number of H-pyrrole nitrogens is 1. The van der Waals surface area contributed by atoms with Crippen LogP contribution >= 0.6 is 0 Å². The van der Waals surface area contributed by atoms with Gasteiger partial charge in [0, 0.05) is 48.4 Å². The highest BCUT2D eigenvalue weighted by molar-refractivity contribution is 5.64. The smallest absolute Gasteiger partial charge is 0.416 e. The van der Waals surface area contributed by atoms with Gasteiger partial charge in [-0.25, -0.2) is 0 Å². The fourth-order valence-corrected chi connectivity index (χ4v) is 3.18. The van der Waals surface area contributed by atoms with E-state index in [1.165, 1.54) is 12.1 Å². The summed E-state index contributed by atoms with van der Waals surface area (Å²) in [4.78, 5) is 2.27. The number of aromatic nitrogens is 2. The summed E-state index contributed by atoms with van der Waals surface area (Å²) in [5.74, 6) is 0. The number of aromatic amines is 1. The second-order valence-electron chi connectivity index (χ2n) is 6.20. The standard InChI is InChI=1S/C18H16F3N3O/c19-18(20,21)14-3-1-13(2-4-14)17-15-10-24(7-5-16(15)22-23-17)9-12-6-8-25-11-12/h1-4,6,8,11H,5,7,9-10H2,(H,22,23). The second kappa shape index (κ2) is 6.07. The van der Waals surface area contributed by atoms with Crippen molar-refractivity contribution in [3.8, 4) is 11.3 Å². The molecule has 3 heterocycles. The average Bonchev–Trinajstić information content (AvgIpc) is 3.23. The Balaban J connectivity index is 1.58. The molecule has 1 N–H and O–H groups in total. The molecule has 4 rings (SSSR count). The Morgan fingerprint density at radius 2 is 1.96 bits per heavy atom. The van der Waals surface area contributed by atoms with Crippen molar-refractivity contribution in [2.75, 3.05) is 6.54 Å². The summed E-state index contributed by atoms with van der Waals surface area (Å²) in [7, 11) is 0. The third-order valence-electron chi connectivity index (χ3n) is 4.48. The SMILES string of the molecule is FC(F)(F)c1ccc(-c2n[nH]c3c2CN(Cc2ccoc2)CC3)cc1. The minimum atomic E-state index is -4.33. The number of benzene rings is 1. The van der Waals surface area contributed by atoms with Crippen LogP contribution in [0, 0.1) is 0 Å². The van der Waals surface area contributed by atoms with E-state index < -0.39 is 11.7 Å². The van der Waals surface area contributed by atoms with Gasteiger partial charge in [-0.1, -0.05) is 12.1 Å². The van der Waals surface area contributed by atoms with Gasteiger partial charge in [0.1, 0.15) is 0 Å². The minimum Gasteiger partial charge on any atom is -0.472 e. The Hall–Kier alpha value is -2.54. The number of hydrogen-bond donors (Lipinski definition) is 1. The molecule has 0 saturated heterocycles. The Labute approximate surface area is 142 Å². The topological polar surface area (TPSA) is 45.1 Å². The predicted molar refractivity (Wildman–Crippen MR) is 85.6 cm³/mol. The maximum atomic E-state index is 12.7. The fraction of sp³-hybridized carbons (Fsp3) is 0.278. The Kier molecular flexibility index (Phi) is 3.88. The van der Waals surface area contributed by atoms with E-state index in [4.69, 9.17) is 4.42 Å². The minimum absolute atomic E-state index is 0.651. The highest BCUT2D eigenvalue weighted by atomic mass is 19.4. The van der Waals surface area contributed by atoms with Gasteiger partial charge < -0.3 is 4.42 Å². The molecule has 0 bridgehead atoms. The van der Waals surface area contributed by atoms with Gasteiger partial charge in [0.05, 0.1) is 23.8 Å². The summed E-state index contributed by atoms with van der Waals surface area (Å²) < 4.78 is 43.3. The van der Waals surface area contributed by atoms with E-state index in [1.807, 2.05) is 6.07 Å². The molecule has 0 atom stereocenters. The molecule has 0 amide bonds. The van der Waals surface area contributed by atoms with Crippen LogP contribution in [-0.4, -0.2) is 21.6 Å². The quantitative estimate of drug-likeness (QED) is 0.770. The van der Waals surface area contributed by atoms with E-state index in [2.05, 4.69) is 15.1 Å². The molecule has 0 spiro atoms. The van der Waals surface area contributed by atoms with Crippen LogP contribution in [0.5, 0.6) is 0 Å². The molecule has 0 saturated carbocycles. The van der Waals surface area contributed by atoms with Crippen LogP contribution < -0.4 is 0 Å². The highest BCUT2D eigenvalue weighted by Gasteiger charge is 2.30. The largest absolute Gasteiger partial charge is 0.472 e. The first-order chi connectivity index (χ1) is 12.0. The van der Waals surface area contributed by atoms with Crippen molar-refractivity contribution in [3.05, 3.63) is 65.2 Å². The van der Waals surface area contributed by atoms with E-state index in [9.17, 15) is 13.2 Å². The number of alkyl halides is 3. The lowest BCUT2D eigenvalue weighted by Gasteiger charge is -2.26. The van der Waals surface area contributed by atoms with Crippen LogP contribution in [-0.2, 0) is 25.7 Å². The molecule has 25 heavy (non-hydrogen) atoms. The molecule has 0 fully saturated rings. The Morgan fingerprint density at radius 3 is 2.64 bits per heavy atom. The summed E-state index contributed by atoms with van der Waals surface area (Å²) in [5, 5.41) is 7.37. The van der Waals surface area contributed by atoms with Gasteiger partial charge in [-0.3, -0.25) is 10.00 Å². The number of halogens is 3.